The summed E-state index contributed by atoms with van der Waals surface area (Å²) in [5.41, 5.74) is 4.39. The van der Waals surface area contributed by atoms with E-state index in [4.69, 9.17) is 9.47 Å². The minimum absolute atomic E-state index is 0.0925. The number of hydrazone groups is 1. The summed E-state index contributed by atoms with van der Waals surface area (Å²) in [5.74, 6) is 0.924. The van der Waals surface area contributed by atoms with Crippen LogP contribution >= 0.6 is 0 Å². The molecular formula is C19H20N2O4. The van der Waals surface area contributed by atoms with E-state index < -0.39 is 5.91 Å². The molecule has 2 N–H and O–H groups in total. The average Bonchev–Trinajstić information content (AvgIpc) is 2.94. The van der Waals surface area contributed by atoms with Crippen LogP contribution in [0, 0.1) is 0 Å². The predicted octanol–water partition coefficient (Wildman–Crippen LogP) is 2.88. The molecule has 6 heteroatoms. The van der Waals surface area contributed by atoms with E-state index in [0.717, 1.165) is 17.7 Å². The Balaban J connectivity index is 1.78. The molecule has 0 fully saturated rings. The van der Waals surface area contributed by atoms with Crippen LogP contribution in [0.3, 0.4) is 0 Å². The number of amides is 1. The molecule has 6 nitrogen and oxygen atoms in total. The Morgan fingerprint density at radius 3 is 3.00 bits per heavy atom. The van der Waals surface area contributed by atoms with E-state index in [0.29, 0.717) is 17.9 Å². The van der Waals surface area contributed by atoms with Crippen LogP contribution in [0.15, 0.2) is 41.5 Å². The first-order valence-corrected chi connectivity index (χ1v) is 8.16. The number of carbonyl (C=O) groups excluding carboxylic acids is 1. The van der Waals surface area contributed by atoms with Crippen LogP contribution in [-0.4, -0.2) is 29.9 Å². The van der Waals surface area contributed by atoms with Gasteiger partial charge in [-0.15, -0.1) is 0 Å². The van der Waals surface area contributed by atoms with Crippen molar-refractivity contribution >= 4 is 12.1 Å². The number of hydrogen-bond donors (Lipinski definition) is 2. The maximum absolute atomic E-state index is 12.1. The third-order valence-corrected chi connectivity index (χ3v) is 3.85. The fraction of sp³-hybridized carbons (Fsp3) is 0.263. The highest BCUT2D eigenvalue weighted by molar-refractivity contribution is 5.97. The van der Waals surface area contributed by atoms with Gasteiger partial charge in [-0.25, -0.2) is 5.43 Å². The summed E-state index contributed by atoms with van der Waals surface area (Å²) in [4.78, 5) is 12.1. The van der Waals surface area contributed by atoms with Crippen molar-refractivity contribution in [2.45, 2.75) is 26.4 Å². The number of nitrogens with one attached hydrogen (secondary N) is 1. The molecule has 0 aliphatic carbocycles. The second-order valence-electron chi connectivity index (χ2n) is 5.78. The summed E-state index contributed by atoms with van der Waals surface area (Å²) in [7, 11) is 0. The molecule has 1 amide bonds. The first-order chi connectivity index (χ1) is 12.1. The van der Waals surface area contributed by atoms with Gasteiger partial charge in [0, 0.05) is 17.5 Å². The predicted molar refractivity (Wildman–Crippen MR) is 94.6 cm³/mol. The molecule has 0 bridgehead atoms. The van der Waals surface area contributed by atoms with Gasteiger partial charge in [0.15, 0.2) is 0 Å². The van der Waals surface area contributed by atoms with E-state index >= 15 is 0 Å². The zero-order valence-electron chi connectivity index (χ0n) is 14.2. The number of phenolic OH excluding ortho intramolecular Hbond substituents is 1. The second kappa shape index (κ2) is 7.25. The molecule has 130 valence electrons. The first-order valence-electron chi connectivity index (χ1n) is 8.16. The van der Waals surface area contributed by atoms with E-state index in [-0.39, 0.29) is 17.4 Å². The lowest BCUT2D eigenvalue weighted by atomic mass is 10.1. The van der Waals surface area contributed by atoms with Crippen LogP contribution in [0.2, 0.25) is 0 Å². The lowest BCUT2D eigenvalue weighted by Crippen LogP contribution is -2.17. The Bertz CT molecular complexity index is 817. The minimum Gasteiger partial charge on any atom is -0.507 e. The van der Waals surface area contributed by atoms with Gasteiger partial charge in [0.2, 0.25) is 0 Å². The van der Waals surface area contributed by atoms with Gasteiger partial charge < -0.3 is 14.6 Å². The molecule has 0 saturated carbocycles. The quantitative estimate of drug-likeness (QED) is 0.648. The van der Waals surface area contributed by atoms with E-state index in [1.54, 1.807) is 12.1 Å². The molecule has 0 aromatic heterocycles. The van der Waals surface area contributed by atoms with Gasteiger partial charge in [-0.1, -0.05) is 12.1 Å². The number of phenols is 1. The van der Waals surface area contributed by atoms with Crippen LogP contribution in [-0.2, 0) is 6.42 Å². The van der Waals surface area contributed by atoms with Crippen molar-refractivity contribution in [1.82, 2.24) is 5.43 Å². The molecule has 2 aromatic rings. The van der Waals surface area contributed by atoms with Crippen molar-refractivity contribution in [1.29, 1.82) is 0 Å². The summed E-state index contributed by atoms with van der Waals surface area (Å²) in [5, 5.41) is 13.7. The van der Waals surface area contributed by atoms with Gasteiger partial charge in [0.1, 0.15) is 23.4 Å². The van der Waals surface area contributed by atoms with E-state index in [9.17, 15) is 9.90 Å². The van der Waals surface area contributed by atoms with Crippen LogP contribution in [0.1, 0.15) is 35.3 Å². The number of hydrogen-bond acceptors (Lipinski definition) is 5. The highest BCUT2D eigenvalue weighted by atomic mass is 16.5. The third-order valence-electron chi connectivity index (χ3n) is 3.85. The number of para-hydroxylation sites is 1. The molecule has 0 unspecified atom stereocenters. The normalized spacial score (nSPS) is 15.7. The molecule has 1 atom stereocenters. The van der Waals surface area contributed by atoms with Crippen molar-refractivity contribution in [3.05, 3.63) is 53.1 Å². The van der Waals surface area contributed by atoms with E-state index in [1.807, 2.05) is 26.0 Å². The van der Waals surface area contributed by atoms with Crippen LogP contribution in [0.5, 0.6) is 17.2 Å². The van der Waals surface area contributed by atoms with E-state index in [2.05, 4.69) is 10.5 Å². The van der Waals surface area contributed by atoms with Crippen LogP contribution in [0.25, 0.3) is 0 Å². The number of benzene rings is 2. The molecule has 0 spiro atoms. The fourth-order valence-electron chi connectivity index (χ4n) is 2.72. The molecule has 1 heterocycles. The number of fused-ring (bicyclic) bond motifs is 1. The fourth-order valence-corrected chi connectivity index (χ4v) is 2.72. The summed E-state index contributed by atoms with van der Waals surface area (Å²) < 4.78 is 11.4. The van der Waals surface area contributed by atoms with Gasteiger partial charge in [0.05, 0.1) is 18.4 Å². The highest BCUT2D eigenvalue weighted by Crippen LogP contribution is 2.34. The number of rotatable bonds is 5. The first kappa shape index (κ1) is 16.8. The Hall–Kier alpha value is -3.02. The maximum Gasteiger partial charge on any atom is 0.275 e. The average molecular weight is 340 g/mol. The van der Waals surface area contributed by atoms with Crippen LogP contribution < -0.4 is 14.9 Å². The van der Waals surface area contributed by atoms with Gasteiger partial charge in [0.25, 0.3) is 5.91 Å². The van der Waals surface area contributed by atoms with Crippen molar-refractivity contribution in [3.8, 4) is 17.2 Å². The third kappa shape index (κ3) is 3.74. The number of carbonyl (C=O) groups is 1. The second-order valence-corrected chi connectivity index (χ2v) is 5.78. The van der Waals surface area contributed by atoms with Crippen molar-refractivity contribution in [3.63, 3.8) is 0 Å². The molecular weight excluding hydrogens is 320 g/mol. The zero-order chi connectivity index (χ0) is 17.8. The van der Waals surface area contributed by atoms with Crippen molar-refractivity contribution < 1.29 is 19.4 Å². The Morgan fingerprint density at radius 2 is 2.24 bits per heavy atom. The summed E-state index contributed by atoms with van der Waals surface area (Å²) in [6.45, 7) is 4.45. The van der Waals surface area contributed by atoms with Gasteiger partial charge in [-0.3, -0.25) is 4.79 Å². The smallest absolute Gasteiger partial charge is 0.275 e. The molecule has 0 saturated heterocycles. The maximum atomic E-state index is 12.1. The SMILES string of the molecule is CCOc1cc2c(cc1/C=N\NC(=O)c1ccccc1O)O[C@@H](C)C2. The number of ether oxygens (including phenoxy) is 2. The van der Waals surface area contributed by atoms with Crippen LogP contribution in [0.4, 0.5) is 0 Å². The standard InChI is InChI=1S/C19H20N2O4/c1-3-24-17-9-13-8-12(2)25-18(13)10-14(17)11-20-21-19(23)15-6-4-5-7-16(15)22/h4-7,9-12,22H,3,8H2,1-2H3,(H,21,23)/b20-11-/t12-/m0/s1. The summed E-state index contributed by atoms with van der Waals surface area (Å²) in [6, 6.07) is 10.1. The van der Waals surface area contributed by atoms with Crippen molar-refractivity contribution in [2.75, 3.05) is 6.61 Å². The van der Waals surface area contributed by atoms with Gasteiger partial charge in [-0.05, 0) is 38.1 Å². The van der Waals surface area contributed by atoms with Gasteiger partial charge in [-0.2, -0.15) is 5.10 Å². The molecule has 1 aliphatic rings. The molecule has 1 aliphatic heterocycles. The Kier molecular flexibility index (Phi) is 4.88. The van der Waals surface area contributed by atoms with E-state index in [1.165, 1.54) is 18.3 Å². The molecule has 3 rings (SSSR count). The molecule has 25 heavy (non-hydrogen) atoms. The van der Waals surface area contributed by atoms with Gasteiger partial charge >= 0.3 is 0 Å². The monoisotopic (exact) mass is 340 g/mol. The highest BCUT2D eigenvalue weighted by Gasteiger charge is 2.21. The summed E-state index contributed by atoms with van der Waals surface area (Å²) in [6.07, 6.45) is 2.49. The topological polar surface area (TPSA) is 80.2 Å². The Morgan fingerprint density at radius 1 is 1.44 bits per heavy atom. The zero-order valence-corrected chi connectivity index (χ0v) is 14.2. The number of aromatic hydroxyl groups is 1. The lowest BCUT2D eigenvalue weighted by molar-refractivity contribution is 0.0952. The Labute approximate surface area is 146 Å². The summed E-state index contributed by atoms with van der Waals surface area (Å²) >= 11 is 0. The number of nitrogens with zero attached hydrogens (tertiary/aromatic N) is 1. The minimum atomic E-state index is -0.488. The molecule has 0 radical (unpaired) electrons. The molecule has 2 aromatic carbocycles. The lowest BCUT2D eigenvalue weighted by Gasteiger charge is -2.09. The van der Waals surface area contributed by atoms with Crippen molar-refractivity contribution in [2.24, 2.45) is 5.10 Å². The largest absolute Gasteiger partial charge is 0.507 e.